The van der Waals surface area contributed by atoms with Crippen LogP contribution in [0.2, 0.25) is 0 Å². The van der Waals surface area contributed by atoms with Crippen molar-refractivity contribution in [3.05, 3.63) is 24.3 Å². The number of hydrogen-bond donors (Lipinski definition) is 1. The van der Waals surface area contributed by atoms with E-state index in [2.05, 4.69) is 72.8 Å². The van der Waals surface area contributed by atoms with Gasteiger partial charge in [-0.25, -0.2) is 0 Å². The second-order valence-electron chi connectivity index (χ2n) is 19.3. The van der Waals surface area contributed by atoms with Crippen LogP contribution in [0, 0.1) is 23.7 Å². The van der Waals surface area contributed by atoms with Crippen LogP contribution < -0.4 is 0 Å². The molecule has 3 unspecified atom stereocenters. The molecule has 0 radical (unpaired) electrons. The van der Waals surface area contributed by atoms with Crippen LogP contribution in [-0.4, -0.2) is 23.7 Å². The molecule has 0 saturated heterocycles. The van der Waals surface area contributed by atoms with Crippen molar-refractivity contribution in [2.45, 2.75) is 292 Å². The van der Waals surface area contributed by atoms with Crippen molar-refractivity contribution in [3.63, 3.8) is 0 Å². The standard InChI is InChI=1S/2C28H54O2/c1-5-7-8-9-10-11-12-13-14-15-16-17-18-19-23-27(28(29)30)24-26(4)22-20-21-25(3)6-2;1-4-5-6-7-8-9-10-11-12-13-14-15-16-19-22-25-28(29)30-26-23-20-17-18-21-24-27(2)3/h13-14,25-27H,5-12,15-24H2,1-4H3,(H,29,30);11-12,27H,4-10,13-26H2,1-3H3/b14-13-;12-11-. The Labute approximate surface area is 377 Å². The number of carboxylic acid groups (broad SMARTS) is 1. The Morgan fingerprint density at radius 3 is 1.30 bits per heavy atom. The lowest BCUT2D eigenvalue weighted by molar-refractivity contribution is -0.144. The molecule has 356 valence electrons. The number of carbonyl (C=O) groups excluding carboxylic acids is 1. The van der Waals surface area contributed by atoms with E-state index in [0.29, 0.717) is 18.9 Å². The molecule has 0 aromatic carbocycles. The molecule has 0 aromatic heterocycles. The van der Waals surface area contributed by atoms with Crippen LogP contribution in [-0.2, 0) is 14.3 Å². The lowest BCUT2D eigenvalue weighted by Crippen LogP contribution is -2.17. The maximum absolute atomic E-state index is 11.8. The number of aliphatic carboxylic acids is 1. The average molecular weight is 845 g/mol. The first-order valence-electron chi connectivity index (χ1n) is 26.9. The first-order chi connectivity index (χ1) is 29.2. The van der Waals surface area contributed by atoms with Gasteiger partial charge in [-0.2, -0.15) is 0 Å². The Kier molecular flexibility index (Phi) is 50.5. The third kappa shape index (κ3) is 50.8. The number of allylic oxidation sites excluding steroid dienone is 4. The van der Waals surface area contributed by atoms with Gasteiger partial charge in [0.15, 0.2) is 0 Å². The van der Waals surface area contributed by atoms with Crippen molar-refractivity contribution >= 4 is 11.9 Å². The highest BCUT2D eigenvalue weighted by atomic mass is 16.5. The van der Waals surface area contributed by atoms with E-state index in [9.17, 15) is 14.7 Å². The second kappa shape index (κ2) is 50.1. The van der Waals surface area contributed by atoms with Gasteiger partial charge in [0.1, 0.15) is 0 Å². The number of carbonyl (C=O) groups is 2. The van der Waals surface area contributed by atoms with E-state index in [0.717, 1.165) is 50.4 Å². The molecule has 0 aromatic rings. The van der Waals surface area contributed by atoms with E-state index >= 15 is 0 Å². The topological polar surface area (TPSA) is 63.6 Å². The molecule has 0 aliphatic carbocycles. The summed E-state index contributed by atoms with van der Waals surface area (Å²) >= 11 is 0. The minimum atomic E-state index is -0.582. The zero-order valence-electron chi connectivity index (χ0n) is 41.9. The molecular weight excluding hydrogens is 737 g/mol. The van der Waals surface area contributed by atoms with E-state index in [-0.39, 0.29) is 11.9 Å². The third-order valence-electron chi connectivity index (χ3n) is 12.5. The van der Waals surface area contributed by atoms with Crippen molar-refractivity contribution in [2.24, 2.45) is 23.7 Å². The summed E-state index contributed by atoms with van der Waals surface area (Å²) in [6.07, 6.45) is 56.4. The van der Waals surface area contributed by atoms with Crippen molar-refractivity contribution in [1.82, 2.24) is 0 Å². The Morgan fingerprint density at radius 1 is 0.450 bits per heavy atom. The summed E-state index contributed by atoms with van der Waals surface area (Å²) in [6, 6.07) is 0. The molecule has 4 nitrogen and oxygen atoms in total. The molecule has 0 bridgehead atoms. The molecule has 1 N–H and O–H groups in total. The van der Waals surface area contributed by atoms with E-state index in [1.807, 2.05) is 0 Å². The largest absolute Gasteiger partial charge is 0.481 e. The summed E-state index contributed by atoms with van der Waals surface area (Å²) in [5.41, 5.74) is 0. The maximum atomic E-state index is 11.8. The van der Waals surface area contributed by atoms with E-state index in [4.69, 9.17) is 4.74 Å². The maximum Gasteiger partial charge on any atom is 0.306 e. The highest BCUT2D eigenvalue weighted by Gasteiger charge is 2.20. The third-order valence-corrected chi connectivity index (χ3v) is 12.5. The monoisotopic (exact) mass is 845 g/mol. The molecule has 0 aliphatic heterocycles. The molecular formula is C56H108O4. The van der Waals surface area contributed by atoms with E-state index in [1.165, 1.54) is 199 Å². The first kappa shape index (κ1) is 60.5. The fraction of sp³-hybridized carbons (Fsp3) is 0.893. The number of hydrogen-bond acceptors (Lipinski definition) is 3. The van der Waals surface area contributed by atoms with Gasteiger partial charge in [0.25, 0.3) is 0 Å². The lowest BCUT2D eigenvalue weighted by Gasteiger charge is -2.18. The summed E-state index contributed by atoms with van der Waals surface area (Å²) < 4.78 is 5.36. The first-order valence-corrected chi connectivity index (χ1v) is 26.9. The van der Waals surface area contributed by atoms with Gasteiger partial charge in [-0.3, -0.25) is 9.59 Å². The normalized spacial score (nSPS) is 13.2. The fourth-order valence-corrected chi connectivity index (χ4v) is 8.03. The molecule has 0 rings (SSSR count). The van der Waals surface area contributed by atoms with Crippen LogP contribution in [0.1, 0.15) is 292 Å². The molecule has 3 atom stereocenters. The van der Waals surface area contributed by atoms with Crippen molar-refractivity contribution in [1.29, 1.82) is 0 Å². The van der Waals surface area contributed by atoms with Crippen LogP contribution in [0.25, 0.3) is 0 Å². The predicted molar refractivity (Wildman–Crippen MR) is 266 cm³/mol. The molecule has 0 heterocycles. The van der Waals surface area contributed by atoms with Gasteiger partial charge in [0.05, 0.1) is 12.5 Å². The molecule has 60 heavy (non-hydrogen) atoms. The quantitative estimate of drug-likeness (QED) is 0.0377. The molecule has 4 heteroatoms. The average Bonchev–Trinajstić information content (AvgIpc) is 3.22. The smallest absolute Gasteiger partial charge is 0.306 e. The lowest BCUT2D eigenvalue weighted by atomic mass is 9.87. The second-order valence-corrected chi connectivity index (χ2v) is 19.3. The van der Waals surface area contributed by atoms with Crippen LogP contribution in [0.3, 0.4) is 0 Å². The van der Waals surface area contributed by atoms with Crippen LogP contribution in [0.15, 0.2) is 24.3 Å². The zero-order chi connectivity index (χ0) is 44.6. The van der Waals surface area contributed by atoms with Crippen LogP contribution in [0.5, 0.6) is 0 Å². The SMILES string of the molecule is CCCCCCCC/C=C\CCCCCCC(CC(C)CCCC(C)CC)C(=O)O.CCCCCCCC/C=C\CCCCCCCC(=O)OCCCCCCCC(C)C. The predicted octanol–water partition coefficient (Wildman–Crippen LogP) is 19.1. The molecule has 0 spiro atoms. The summed E-state index contributed by atoms with van der Waals surface area (Å²) in [6.45, 7) is 16.5. The van der Waals surface area contributed by atoms with Crippen molar-refractivity contribution in [2.75, 3.05) is 6.61 Å². The van der Waals surface area contributed by atoms with E-state index < -0.39 is 5.97 Å². The van der Waals surface area contributed by atoms with Gasteiger partial charge in [-0.15, -0.1) is 0 Å². The Balaban J connectivity index is 0. The molecule has 0 aliphatic rings. The zero-order valence-corrected chi connectivity index (χ0v) is 41.9. The fourth-order valence-electron chi connectivity index (χ4n) is 8.03. The highest BCUT2D eigenvalue weighted by molar-refractivity contribution is 5.70. The van der Waals surface area contributed by atoms with Gasteiger partial charge in [0, 0.05) is 6.42 Å². The summed E-state index contributed by atoms with van der Waals surface area (Å²) in [7, 11) is 0. The molecule has 0 amide bonds. The van der Waals surface area contributed by atoms with Gasteiger partial charge < -0.3 is 9.84 Å². The number of unbranched alkanes of at least 4 members (excludes halogenated alkanes) is 25. The van der Waals surface area contributed by atoms with Gasteiger partial charge in [-0.05, 0) is 94.8 Å². The minimum absolute atomic E-state index is 0.00688. The Bertz CT molecular complexity index is 922. The summed E-state index contributed by atoms with van der Waals surface area (Å²) in [5, 5.41) is 9.57. The summed E-state index contributed by atoms with van der Waals surface area (Å²) in [5.74, 6) is 1.45. The number of esters is 1. The highest BCUT2D eigenvalue weighted by Crippen LogP contribution is 2.24. The Hall–Kier alpha value is -1.58. The number of rotatable bonds is 45. The molecule has 0 fully saturated rings. The van der Waals surface area contributed by atoms with Crippen molar-refractivity contribution < 1.29 is 19.4 Å². The van der Waals surface area contributed by atoms with Crippen LogP contribution in [0.4, 0.5) is 0 Å². The van der Waals surface area contributed by atoms with E-state index in [1.54, 1.807) is 0 Å². The Morgan fingerprint density at radius 2 is 0.850 bits per heavy atom. The van der Waals surface area contributed by atoms with Crippen molar-refractivity contribution in [3.8, 4) is 0 Å². The van der Waals surface area contributed by atoms with Gasteiger partial charge in [0.2, 0.25) is 0 Å². The van der Waals surface area contributed by atoms with Gasteiger partial charge in [-0.1, -0.05) is 233 Å². The number of ether oxygens (including phenoxy) is 1. The van der Waals surface area contributed by atoms with Gasteiger partial charge >= 0.3 is 11.9 Å². The number of carboxylic acids is 1. The van der Waals surface area contributed by atoms with Crippen LogP contribution >= 0.6 is 0 Å². The minimum Gasteiger partial charge on any atom is -0.481 e. The summed E-state index contributed by atoms with van der Waals surface area (Å²) in [4.78, 5) is 23.4. The molecule has 0 saturated carbocycles.